The molecule has 0 fully saturated rings. The molecule has 18 heavy (non-hydrogen) atoms. The van der Waals surface area contributed by atoms with Crippen LogP contribution < -0.4 is 4.74 Å². The van der Waals surface area contributed by atoms with Gasteiger partial charge < -0.3 is 9.84 Å². The van der Waals surface area contributed by atoms with Gasteiger partial charge in [-0.05, 0) is 30.5 Å². The third kappa shape index (κ3) is 1.48. The molecule has 1 heterocycles. The summed E-state index contributed by atoms with van der Waals surface area (Å²) in [4.78, 5) is 11.1. The summed E-state index contributed by atoms with van der Waals surface area (Å²) < 4.78 is 5.20. The van der Waals surface area contributed by atoms with E-state index in [4.69, 9.17) is 9.84 Å². The average Bonchev–Trinajstić information content (AvgIpc) is 2.82. The first-order valence-electron chi connectivity index (χ1n) is 5.68. The van der Waals surface area contributed by atoms with Crippen molar-refractivity contribution in [1.29, 1.82) is 0 Å². The van der Waals surface area contributed by atoms with Gasteiger partial charge in [-0.15, -0.1) is 0 Å². The Balaban J connectivity index is 2.19. The number of carbonyl (C=O) groups is 1. The van der Waals surface area contributed by atoms with Gasteiger partial charge in [-0.25, -0.2) is 4.79 Å². The Labute approximate surface area is 103 Å². The highest BCUT2D eigenvalue weighted by molar-refractivity contribution is 5.90. The Bertz CT molecular complexity index is 631. The number of carboxylic acid groups (broad SMARTS) is 1. The van der Waals surface area contributed by atoms with Crippen molar-refractivity contribution in [2.45, 2.75) is 12.8 Å². The van der Waals surface area contributed by atoms with E-state index in [1.807, 2.05) is 18.2 Å². The van der Waals surface area contributed by atoms with Gasteiger partial charge in [0.15, 0.2) is 0 Å². The Morgan fingerprint density at radius 3 is 3.00 bits per heavy atom. The number of carboxylic acids is 1. The molecule has 2 N–H and O–H groups in total. The predicted molar refractivity (Wildman–Crippen MR) is 64.9 cm³/mol. The van der Waals surface area contributed by atoms with Gasteiger partial charge in [0.05, 0.1) is 12.8 Å². The fourth-order valence-corrected chi connectivity index (χ4v) is 2.39. The first-order valence-corrected chi connectivity index (χ1v) is 5.68. The minimum atomic E-state index is -0.963. The second-order valence-electron chi connectivity index (χ2n) is 4.25. The van der Waals surface area contributed by atoms with Crippen LogP contribution in [0.3, 0.4) is 0 Å². The summed E-state index contributed by atoms with van der Waals surface area (Å²) >= 11 is 0. The number of methoxy groups -OCH3 is 1. The monoisotopic (exact) mass is 244 g/mol. The van der Waals surface area contributed by atoms with E-state index in [9.17, 15) is 4.79 Å². The maximum Gasteiger partial charge on any atom is 0.354 e. The van der Waals surface area contributed by atoms with Crippen molar-refractivity contribution in [3.8, 4) is 17.0 Å². The number of aromatic amines is 1. The maximum absolute atomic E-state index is 11.1. The molecule has 0 spiro atoms. The van der Waals surface area contributed by atoms with Crippen LogP contribution in [0.1, 0.15) is 21.6 Å². The Hall–Kier alpha value is -2.30. The number of benzene rings is 1. The quantitative estimate of drug-likeness (QED) is 0.845. The highest BCUT2D eigenvalue weighted by atomic mass is 16.5. The molecule has 2 aromatic rings. The first-order chi connectivity index (χ1) is 8.70. The van der Waals surface area contributed by atoms with Crippen LogP contribution in [0.15, 0.2) is 18.2 Å². The molecule has 1 aromatic heterocycles. The highest BCUT2D eigenvalue weighted by Gasteiger charge is 2.25. The van der Waals surface area contributed by atoms with Gasteiger partial charge in [-0.3, -0.25) is 5.10 Å². The van der Waals surface area contributed by atoms with Crippen molar-refractivity contribution < 1.29 is 14.6 Å². The molecule has 5 heteroatoms. The van der Waals surface area contributed by atoms with E-state index in [-0.39, 0.29) is 5.69 Å². The summed E-state index contributed by atoms with van der Waals surface area (Å²) in [7, 11) is 1.61. The van der Waals surface area contributed by atoms with E-state index in [0.717, 1.165) is 29.0 Å². The fraction of sp³-hybridized carbons (Fsp3) is 0.231. The summed E-state index contributed by atoms with van der Waals surface area (Å²) in [5, 5.41) is 15.8. The van der Waals surface area contributed by atoms with Crippen LogP contribution in [0.25, 0.3) is 11.3 Å². The molecule has 0 aliphatic heterocycles. The number of ether oxygens (including phenoxy) is 1. The molecule has 0 bridgehead atoms. The van der Waals surface area contributed by atoms with Gasteiger partial charge >= 0.3 is 5.97 Å². The van der Waals surface area contributed by atoms with Crippen molar-refractivity contribution in [3.05, 3.63) is 35.0 Å². The molecule has 1 aliphatic carbocycles. The van der Waals surface area contributed by atoms with E-state index in [0.29, 0.717) is 6.42 Å². The molecule has 0 amide bonds. The van der Waals surface area contributed by atoms with Crippen molar-refractivity contribution in [2.75, 3.05) is 7.11 Å². The molecule has 1 aromatic carbocycles. The lowest BCUT2D eigenvalue weighted by Crippen LogP contribution is -2.07. The number of aromatic nitrogens is 2. The van der Waals surface area contributed by atoms with Crippen molar-refractivity contribution >= 4 is 5.97 Å². The van der Waals surface area contributed by atoms with Gasteiger partial charge in [0.1, 0.15) is 11.4 Å². The lowest BCUT2D eigenvalue weighted by Gasteiger charge is -2.16. The largest absolute Gasteiger partial charge is 0.497 e. The number of nitrogens with one attached hydrogen (secondary N) is 1. The molecular formula is C13H12N2O3. The summed E-state index contributed by atoms with van der Waals surface area (Å²) in [6, 6.07) is 5.82. The minimum Gasteiger partial charge on any atom is -0.497 e. The highest BCUT2D eigenvalue weighted by Crippen LogP contribution is 2.35. The molecule has 0 atom stereocenters. The first kappa shape index (κ1) is 10.8. The van der Waals surface area contributed by atoms with E-state index in [1.54, 1.807) is 7.11 Å². The zero-order chi connectivity index (χ0) is 12.7. The van der Waals surface area contributed by atoms with E-state index in [1.165, 1.54) is 5.56 Å². The number of fused-ring (bicyclic) bond motifs is 3. The Morgan fingerprint density at radius 2 is 2.28 bits per heavy atom. The number of nitrogens with zero attached hydrogens (tertiary/aromatic N) is 1. The van der Waals surface area contributed by atoms with Gasteiger partial charge in [-0.1, -0.05) is 6.07 Å². The van der Waals surface area contributed by atoms with Gasteiger partial charge in [0.2, 0.25) is 0 Å². The number of rotatable bonds is 2. The lowest BCUT2D eigenvalue weighted by molar-refractivity contribution is 0.0689. The summed E-state index contributed by atoms with van der Waals surface area (Å²) in [6.45, 7) is 0. The van der Waals surface area contributed by atoms with Crippen LogP contribution in [-0.2, 0) is 12.8 Å². The van der Waals surface area contributed by atoms with Gasteiger partial charge in [-0.2, -0.15) is 5.10 Å². The molecule has 0 radical (unpaired) electrons. The van der Waals surface area contributed by atoms with E-state index in [2.05, 4.69) is 10.2 Å². The van der Waals surface area contributed by atoms with E-state index >= 15 is 0 Å². The maximum atomic E-state index is 11.1. The topological polar surface area (TPSA) is 75.2 Å². The standard InChI is InChI=1S/C13H12N2O3/c1-18-8-4-2-7-3-5-9-11(10(7)6-8)14-15-12(9)13(16)17/h2,4,6H,3,5H2,1H3,(H,14,15)(H,16,17). The summed E-state index contributed by atoms with van der Waals surface area (Å²) in [5.74, 6) is -0.212. The molecule has 3 rings (SSSR count). The van der Waals surface area contributed by atoms with Crippen LogP contribution >= 0.6 is 0 Å². The SMILES string of the molecule is COc1ccc2c(c1)-c1n[nH]c(C(=O)O)c1CC2. The number of aromatic carboxylic acids is 1. The van der Waals surface area contributed by atoms with Crippen LogP contribution in [0.2, 0.25) is 0 Å². The second kappa shape index (κ2) is 3.87. The second-order valence-corrected chi connectivity index (χ2v) is 4.25. The van der Waals surface area contributed by atoms with Crippen LogP contribution in [-0.4, -0.2) is 28.4 Å². The molecular weight excluding hydrogens is 232 g/mol. The van der Waals surface area contributed by atoms with Crippen LogP contribution in [0.4, 0.5) is 0 Å². The summed E-state index contributed by atoms with van der Waals surface area (Å²) in [6.07, 6.45) is 1.53. The number of hydrogen-bond donors (Lipinski definition) is 2. The minimum absolute atomic E-state index is 0.193. The molecule has 5 nitrogen and oxygen atoms in total. The lowest BCUT2D eigenvalue weighted by atomic mass is 9.89. The Kier molecular flexibility index (Phi) is 2.33. The molecule has 0 saturated heterocycles. The smallest absolute Gasteiger partial charge is 0.354 e. The molecule has 0 saturated carbocycles. The van der Waals surface area contributed by atoms with Crippen molar-refractivity contribution in [3.63, 3.8) is 0 Å². The van der Waals surface area contributed by atoms with Gasteiger partial charge in [0.25, 0.3) is 0 Å². The van der Waals surface area contributed by atoms with E-state index < -0.39 is 5.97 Å². The molecule has 92 valence electrons. The van der Waals surface area contributed by atoms with Crippen molar-refractivity contribution in [2.24, 2.45) is 0 Å². The van der Waals surface area contributed by atoms with Crippen molar-refractivity contribution in [1.82, 2.24) is 10.2 Å². The average molecular weight is 244 g/mol. The van der Waals surface area contributed by atoms with Crippen LogP contribution in [0, 0.1) is 0 Å². The summed E-state index contributed by atoms with van der Waals surface area (Å²) in [5.41, 5.74) is 3.83. The third-order valence-corrected chi connectivity index (χ3v) is 3.30. The molecule has 1 aliphatic rings. The molecule has 0 unspecified atom stereocenters. The number of aryl methyl sites for hydroxylation is 1. The zero-order valence-electron chi connectivity index (χ0n) is 9.86. The number of H-pyrrole nitrogens is 1. The normalized spacial score (nSPS) is 12.7. The van der Waals surface area contributed by atoms with Crippen LogP contribution in [0.5, 0.6) is 5.75 Å². The Morgan fingerprint density at radius 1 is 1.44 bits per heavy atom. The van der Waals surface area contributed by atoms with Gasteiger partial charge in [0, 0.05) is 11.1 Å². The fourth-order valence-electron chi connectivity index (χ4n) is 2.39. The third-order valence-electron chi connectivity index (χ3n) is 3.30. The number of hydrogen-bond acceptors (Lipinski definition) is 3. The predicted octanol–water partition coefficient (Wildman–Crippen LogP) is 1.88. The zero-order valence-corrected chi connectivity index (χ0v) is 9.86.